The average molecular weight is 410 g/mol. The normalized spacial score (nSPS) is 11.8. The molecule has 2 heterocycles. The van der Waals surface area contributed by atoms with E-state index in [0.29, 0.717) is 35.3 Å². The van der Waals surface area contributed by atoms with E-state index in [1.54, 1.807) is 21.3 Å². The summed E-state index contributed by atoms with van der Waals surface area (Å²) in [5, 5.41) is 3.27. The van der Waals surface area contributed by atoms with Crippen LogP contribution in [0.5, 0.6) is 28.7 Å². The third-order valence-electron chi connectivity index (χ3n) is 4.61. The second-order valence-corrected chi connectivity index (χ2v) is 6.45. The van der Waals surface area contributed by atoms with Crippen molar-refractivity contribution < 1.29 is 23.7 Å². The van der Waals surface area contributed by atoms with Crippen LogP contribution in [0.2, 0.25) is 0 Å². The van der Waals surface area contributed by atoms with Crippen LogP contribution < -0.4 is 34.7 Å². The van der Waals surface area contributed by atoms with E-state index in [1.165, 1.54) is 0 Å². The van der Waals surface area contributed by atoms with E-state index in [0.717, 1.165) is 22.6 Å². The first-order valence-corrected chi connectivity index (χ1v) is 9.18. The third kappa shape index (κ3) is 3.82. The highest BCUT2D eigenvalue weighted by molar-refractivity contribution is 5.71. The van der Waals surface area contributed by atoms with Gasteiger partial charge in [-0.15, -0.1) is 0 Å². The number of aromatic nitrogens is 2. The van der Waals surface area contributed by atoms with Crippen LogP contribution in [0.4, 0.5) is 11.8 Å². The summed E-state index contributed by atoms with van der Waals surface area (Å²) in [4.78, 5) is 8.63. The number of nitrogen functional groups attached to an aromatic ring is 1. The fourth-order valence-electron chi connectivity index (χ4n) is 3.18. The first kappa shape index (κ1) is 19.4. The Morgan fingerprint density at radius 1 is 0.933 bits per heavy atom. The molecule has 9 nitrogen and oxygen atoms in total. The number of rotatable bonds is 7. The number of benzene rings is 2. The van der Waals surface area contributed by atoms with Gasteiger partial charge in [0.1, 0.15) is 5.82 Å². The first-order chi connectivity index (χ1) is 14.6. The van der Waals surface area contributed by atoms with Gasteiger partial charge >= 0.3 is 0 Å². The van der Waals surface area contributed by atoms with Crippen molar-refractivity contribution in [2.75, 3.05) is 39.2 Å². The van der Waals surface area contributed by atoms with E-state index in [2.05, 4.69) is 15.3 Å². The highest BCUT2D eigenvalue weighted by Crippen LogP contribution is 2.41. The van der Waals surface area contributed by atoms with Gasteiger partial charge in [-0.2, -0.15) is 4.98 Å². The van der Waals surface area contributed by atoms with E-state index >= 15 is 0 Å². The monoisotopic (exact) mass is 410 g/mol. The Bertz CT molecular complexity index is 1050. The number of nitrogens with zero attached hydrogens (tertiary/aromatic N) is 2. The fourth-order valence-corrected chi connectivity index (χ4v) is 3.18. The second kappa shape index (κ2) is 8.24. The molecule has 0 atom stereocenters. The summed E-state index contributed by atoms with van der Waals surface area (Å²) in [5.41, 5.74) is 8.34. The Balaban J connectivity index is 1.60. The molecule has 1 aliphatic rings. The van der Waals surface area contributed by atoms with Gasteiger partial charge in [0, 0.05) is 18.2 Å². The highest BCUT2D eigenvalue weighted by atomic mass is 16.7. The molecule has 3 aromatic rings. The quantitative estimate of drug-likeness (QED) is 0.607. The lowest BCUT2D eigenvalue weighted by Crippen LogP contribution is -2.05. The van der Waals surface area contributed by atoms with Crippen molar-refractivity contribution in [2.45, 2.75) is 6.54 Å². The maximum atomic E-state index is 5.95. The maximum Gasteiger partial charge on any atom is 0.231 e. The van der Waals surface area contributed by atoms with Crippen LogP contribution in [0, 0.1) is 0 Å². The minimum Gasteiger partial charge on any atom is -0.493 e. The zero-order valence-electron chi connectivity index (χ0n) is 16.9. The Labute approximate surface area is 173 Å². The Hall–Kier alpha value is -3.88. The van der Waals surface area contributed by atoms with Crippen molar-refractivity contribution in [3.05, 3.63) is 42.0 Å². The highest BCUT2D eigenvalue weighted by Gasteiger charge is 2.16. The summed E-state index contributed by atoms with van der Waals surface area (Å²) in [6.07, 6.45) is 0. The molecule has 0 saturated heterocycles. The number of anilines is 2. The van der Waals surface area contributed by atoms with Crippen LogP contribution in [0.25, 0.3) is 11.3 Å². The maximum absolute atomic E-state index is 5.95. The van der Waals surface area contributed by atoms with Gasteiger partial charge in [0.05, 0.1) is 27.0 Å². The van der Waals surface area contributed by atoms with Crippen LogP contribution in [0.3, 0.4) is 0 Å². The van der Waals surface area contributed by atoms with Crippen molar-refractivity contribution >= 4 is 11.8 Å². The molecule has 0 aliphatic carbocycles. The molecule has 1 aliphatic heterocycles. The topological polar surface area (TPSA) is 110 Å². The molecule has 0 unspecified atom stereocenters. The SMILES string of the molecule is COc1cc(-c2cc(NCc3ccc4c(c3)OCO4)nc(N)n2)cc(OC)c1OC. The van der Waals surface area contributed by atoms with Gasteiger partial charge in [-0.25, -0.2) is 4.98 Å². The molecule has 9 heteroatoms. The summed E-state index contributed by atoms with van der Waals surface area (Å²) < 4.78 is 27.0. The van der Waals surface area contributed by atoms with Crippen molar-refractivity contribution in [2.24, 2.45) is 0 Å². The molecule has 0 fully saturated rings. The van der Waals surface area contributed by atoms with Crippen molar-refractivity contribution in [1.82, 2.24) is 9.97 Å². The summed E-state index contributed by atoms with van der Waals surface area (Å²) in [5.74, 6) is 3.77. The van der Waals surface area contributed by atoms with Gasteiger partial charge in [-0.3, -0.25) is 0 Å². The van der Waals surface area contributed by atoms with Crippen LogP contribution >= 0.6 is 0 Å². The van der Waals surface area contributed by atoms with Crippen molar-refractivity contribution in [1.29, 1.82) is 0 Å². The van der Waals surface area contributed by atoms with E-state index in [1.807, 2.05) is 36.4 Å². The predicted octanol–water partition coefficient (Wildman–Crippen LogP) is 3.09. The van der Waals surface area contributed by atoms with Crippen molar-refractivity contribution in [3.63, 3.8) is 0 Å². The Morgan fingerprint density at radius 2 is 1.67 bits per heavy atom. The van der Waals surface area contributed by atoms with E-state index in [9.17, 15) is 0 Å². The Kier molecular flexibility index (Phi) is 5.34. The van der Waals surface area contributed by atoms with Gasteiger partial charge < -0.3 is 34.7 Å². The second-order valence-electron chi connectivity index (χ2n) is 6.45. The van der Waals surface area contributed by atoms with Crippen LogP contribution in [-0.2, 0) is 6.54 Å². The van der Waals surface area contributed by atoms with Crippen LogP contribution in [0.15, 0.2) is 36.4 Å². The third-order valence-corrected chi connectivity index (χ3v) is 4.61. The summed E-state index contributed by atoms with van der Waals surface area (Å²) in [6.45, 7) is 0.772. The van der Waals surface area contributed by atoms with Gasteiger partial charge in [0.2, 0.25) is 18.5 Å². The molecular weight excluding hydrogens is 388 g/mol. The molecule has 0 spiro atoms. The van der Waals surface area contributed by atoms with E-state index in [-0.39, 0.29) is 12.7 Å². The Morgan fingerprint density at radius 3 is 2.37 bits per heavy atom. The molecule has 4 rings (SSSR count). The number of fused-ring (bicyclic) bond motifs is 1. The van der Waals surface area contributed by atoms with Gasteiger partial charge in [-0.05, 0) is 29.8 Å². The first-order valence-electron chi connectivity index (χ1n) is 9.18. The zero-order chi connectivity index (χ0) is 21.1. The standard InChI is InChI=1S/C21H22N4O5/c1-26-17-7-13(8-18(27-2)20(17)28-3)14-9-19(25-21(22)24-14)23-10-12-4-5-15-16(6-12)30-11-29-15/h4-9H,10-11H2,1-3H3,(H3,22,23,24,25). The lowest BCUT2D eigenvalue weighted by atomic mass is 10.1. The van der Waals surface area contributed by atoms with E-state index < -0.39 is 0 Å². The summed E-state index contributed by atoms with van der Waals surface area (Å²) >= 11 is 0. The molecular formula is C21H22N4O5. The molecule has 2 aromatic carbocycles. The number of nitrogens with two attached hydrogens (primary N) is 1. The average Bonchev–Trinajstić information content (AvgIpc) is 3.24. The molecule has 30 heavy (non-hydrogen) atoms. The van der Waals surface area contributed by atoms with Crippen LogP contribution in [0.1, 0.15) is 5.56 Å². The van der Waals surface area contributed by atoms with Crippen LogP contribution in [-0.4, -0.2) is 38.1 Å². The van der Waals surface area contributed by atoms with Gasteiger partial charge in [-0.1, -0.05) is 6.07 Å². The summed E-state index contributed by atoms with van der Waals surface area (Å²) in [6, 6.07) is 11.2. The van der Waals surface area contributed by atoms with Crippen molar-refractivity contribution in [3.8, 4) is 40.0 Å². The number of ether oxygens (including phenoxy) is 5. The molecule has 3 N–H and O–H groups in total. The summed E-state index contributed by atoms with van der Waals surface area (Å²) in [7, 11) is 4.68. The number of methoxy groups -OCH3 is 3. The zero-order valence-corrected chi connectivity index (χ0v) is 16.9. The minimum atomic E-state index is 0.148. The molecule has 0 saturated carbocycles. The van der Waals surface area contributed by atoms with Gasteiger partial charge in [0.15, 0.2) is 23.0 Å². The lowest BCUT2D eigenvalue weighted by molar-refractivity contribution is 0.174. The van der Waals surface area contributed by atoms with Gasteiger partial charge in [0.25, 0.3) is 0 Å². The largest absolute Gasteiger partial charge is 0.493 e. The van der Waals surface area contributed by atoms with E-state index in [4.69, 9.17) is 29.4 Å². The molecule has 0 bridgehead atoms. The number of hydrogen-bond donors (Lipinski definition) is 2. The molecule has 156 valence electrons. The number of hydrogen-bond acceptors (Lipinski definition) is 9. The smallest absolute Gasteiger partial charge is 0.231 e. The fraction of sp³-hybridized carbons (Fsp3) is 0.238. The molecule has 1 aromatic heterocycles. The molecule has 0 radical (unpaired) electrons. The minimum absolute atomic E-state index is 0.148. The molecule has 0 amide bonds. The predicted molar refractivity (Wildman–Crippen MR) is 111 cm³/mol. The number of nitrogens with one attached hydrogen (secondary N) is 1. The lowest BCUT2D eigenvalue weighted by Gasteiger charge is -2.14.